The molecule has 2 N–H and O–H groups in total. The van der Waals surface area contributed by atoms with Crippen LogP contribution in [0.25, 0.3) is 11.2 Å². The second kappa shape index (κ2) is 5.51. The van der Waals surface area contributed by atoms with E-state index < -0.39 is 0 Å². The van der Waals surface area contributed by atoms with Crippen molar-refractivity contribution in [2.24, 2.45) is 0 Å². The average molecular weight is 287 g/mol. The van der Waals surface area contributed by atoms with Crippen molar-refractivity contribution >= 4 is 23.0 Å². The number of esters is 1. The summed E-state index contributed by atoms with van der Waals surface area (Å²) >= 11 is 0. The highest BCUT2D eigenvalue weighted by atomic mass is 16.5. The number of ether oxygens (including phenoxy) is 1. The number of anilines is 1. The Morgan fingerprint density at radius 3 is 3.05 bits per heavy atom. The van der Waals surface area contributed by atoms with Crippen molar-refractivity contribution in [1.29, 1.82) is 0 Å². The number of allylic oxidation sites excluding steroid dienone is 1. The highest BCUT2D eigenvalue weighted by Crippen LogP contribution is 2.30. The van der Waals surface area contributed by atoms with Gasteiger partial charge in [0, 0.05) is 11.6 Å². The van der Waals surface area contributed by atoms with Crippen LogP contribution in [0.2, 0.25) is 0 Å². The number of hydrogen-bond donors (Lipinski definition) is 1. The number of carbonyl (C=O) groups excluding carboxylic acids is 1. The lowest BCUT2D eigenvalue weighted by atomic mass is 9.95. The Kier molecular flexibility index (Phi) is 3.55. The number of hydrogen-bond acceptors (Lipinski definition) is 6. The Labute approximate surface area is 121 Å². The fourth-order valence-electron chi connectivity index (χ4n) is 2.62. The standard InChI is InChI=1S/C14H17N5O2/c1-2-21-14(20)9-3-5-10(6-4-9)19-8-18-11-12(15)16-7-17-13(11)19/h3,7-8,10H,2,4-6H2,1H3,(H2,15,16,17). The fourth-order valence-corrected chi connectivity index (χ4v) is 2.62. The van der Waals surface area contributed by atoms with Gasteiger partial charge in [0.25, 0.3) is 0 Å². The maximum atomic E-state index is 11.7. The van der Waals surface area contributed by atoms with Gasteiger partial charge in [0.15, 0.2) is 11.5 Å². The lowest BCUT2D eigenvalue weighted by molar-refractivity contribution is -0.138. The maximum Gasteiger partial charge on any atom is 0.333 e. The Balaban J connectivity index is 1.83. The second-order valence-electron chi connectivity index (χ2n) is 4.96. The first-order valence-electron chi connectivity index (χ1n) is 7.00. The molecule has 1 aliphatic carbocycles. The van der Waals surface area contributed by atoms with Crippen molar-refractivity contribution in [1.82, 2.24) is 19.5 Å². The van der Waals surface area contributed by atoms with Gasteiger partial charge in [-0.15, -0.1) is 0 Å². The van der Waals surface area contributed by atoms with Crippen molar-refractivity contribution in [3.63, 3.8) is 0 Å². The van der Waals surface area contributed by atoms with Gasteiger partial charge in [-0.3, -0.25) is 0 Å². The molecule has 1 atom stereocenters. The summed E-state index contributed by atoms with van der Waals surface area (Å²) in [7, 11) is 0. The van der Waals surface area contributed by atoms with Gasteiger partial charge in [0.05, 0.1) is 12.9 Å². The zero-order valence-corrected chi connectivity index (χ0v) is 11.8. The lowest BCUT2D eigenvalue weighted by Crippen LogP contribution is -2.16. The van der Waals surface area contributed by atoms with E-state index in [9.17, 15) is 4.79 Å². The molecule has 7 heteroatoms. The Bertz CT molecular complexity index is 706. The van der Waals surface area contributed by atoms with Gasteiger partial charge in [0.2, 0.25) is 0 Å². The quantitative estimate of drug-likeness (QED) is 0.862. The van der Waals surface area contributed by atoms with E-state index in [1.165, 1.54) is 6.33 Å². The number of aromatic nitrogens is 4. The molecule has 0 bridgehead atoms. The minimum Gasteiger partial charge on any atom is -0.463 e. The van der Waals surface area contributed by atoms with Gasteiger partial charge in [-0.05, 0) is 26.2 Å². The molecule has 3 rings (SSSR count). The van der Waals surface area contributed by atoms with Gasteiger partial charge < -0.3 is 15.0 Å². The largest absolute Gasteiger partial charge is 0.463 e. The zero-order chi connectivity index (χ0) is 14.8. The van der Waals surface area contributed by atoms with Crippen LogP contribution in [0.3, 0.4) is 0 Å². The van der Waals surface area contributed by atoms with Gasteiger partial charge >= 0.3 is 5.97 Å². The molecule has 0 amide bonds. The number of nitrogens with zero attached hydrogens (tertiary/aromatic N) is 4. The van der Waals surface area contributed by atoms with E-state index in [0.717, 1.165) is 24.1 Å². The van der Waals surface area contributed by atoms with E-state index in [-0.39, 0.29) is 12.0 Å². The third-order valence-corrected chi connectivity index (χ3v) is 3.70. The lowest BCUT2D eigenvalue weighted by Gasteiger charge is -2.22. The minimum absolute atomic E-state index is 0.210. The monoisotopic (exact) mass is 287 g/mol. The summed E-state index contributed by atoms with van der Waals surface area (Å²) in [5, 5.41) is 0. The predicted molar refractivity (Wildman–Crippen MR) is 77.3 cm³/mol. The van der Waals surface area contributed by atoms with Crippen LogP contribution in [0, 0.1) is 0 Å². The SMILES string of the molecule is CCOC(=O)C1=CCC(n2cnc3c(N)ncnc32)CC1. The van der Waals surface area contributed by atoms with Crippen LogP contribution in [0.1, 0.15) is 32.2 Å². The molecule has 2 heterocycles. The van der Waals surface area contributed by atoms with Crippen LogP contribution in [0.5, 0.6) is 0 Å². The molecule has 0 aromatic carbocycles. The number of nitrogen functional groups attached to an aromatic ring is 1. The molecule has 110 valence electrons. The molecule has 0 spiro atoms. The van der Waals surface area contributed by atoms with E-state index >= 15 is 0 Å². The Morgan fingerprint density at radius 2 is 2.33 bits per heavy atom. The zero-order valence-electron chi connectivity index (χ0n) is 11.8. The summed E-state index contributed by atoms with van der Waals surface area (Å²) in [5.74, 6) is 0.176. The van der Waals surface area contributed by atoms with Crippen LogP contribution in [-0.2, 0) is 9.53 Å². The molecule has 0 saturated heterocycles. The van der Waals surface area contributed by atoms with E-state index in [1.54, 1.807) is 6.33 Å². The summed E-state index contributed by atoms with van der Waals surface area (Å²) in [5.41, 5.74) is 7.91. The first kappa shape index (κ1) is 13.5. The van der Waals surface area contributed by atoms with Crippen molar-refractivity contribution in [3.8, 4) is 0 Å². The molecule has 0 aliphatic heterocycles. The van der Waals surface area contributed by atoms with E-state index in [2.05, 4.69) is 15.0 Å². The molecule has 21 heavy (non-hydrogen) atoms. The van der Waals surface area contributed by atoms with E-state index in [0.29, 0.717) is 24.4 Å². The highest BCUT2D eigenvalue weighted by Gasteiger charge is 2.22. The molecule has 0 fully saturated rings. The molecular formula is C14H17N5O2. The van der Waals surface area contributed by atoms with Crippen LogP contribution in [0.4, 0.5) is 5.82 Å². The number of nitrogens with two attached hydrogens (primary N) is 1. The summed E-state index contributed by atoms with van der Waals surface area (Å²) in [6, 6.07) is 0.225. The molecule has 7 nitrogen and oxygen atoms in total. The van der Waals surface area contributed by atoms with Gasteiger partial charge in [-0.1, -0.05) is 6.08 Å². The van der Waals surface area contributed by atoms with Crippen LogP contribution in [-0.4, -0.2) is 32.1 Å². The average Bonchev–Trinajstić information content (AvgIpc) is 2.93. The van der Waals surface area contributed by atoms with Gasteiger partial charge in [-0.25, -0.2) is 19.7 Å². The molecule has 2 aromatic heterocycles. The first-order valence-corrected chi connectivity index (χ1v) is 7.00. The second-order valence-corrected chi connectivity index (χ2v) is 4.96. The van der Waals surface area contributed by atoms with Crippen molar-refractivity contribution in [2.45, 2.75) is 32.2 Å². The van der Waals surface area contributed by atoms with Crippen LogP contribution in [0.15, 0.2) is 24.3 Å². The number of carbonyl (C=O) groups is 1. The fraction of sp³-hybridized carbons (Fsp3) is 0.429. The topological polar surface area (TPSA) is 95.9 Å². The van der Waals surface area contributed by atoms with Gasteiger partial charge in [0.1, 0.15) is 11.8 Å². The third-order valence-electron chi connectivity index (χ3n) is 3.70. The van der Waals surface area contributed by atoms with Crippen LogP contribution < -0.4 is 5.73 Å². The number of rotatable bonds is 3. The highest BCUT2D eigenvalue weighted by molar-refractivity contribution is 5.88. The summed E-state index contributed by atoms with van der Waals surface area (Å²) < 4.78 is 7.04. The third kappa shape index (κ3) is 2.46. The molecule has 0 radical (unpaired) electrons. The minimum atomic E-state index is -0.210. The molecular weight excluding hydrogens is 270 g/mol. The van der Waals surface area contributed by atoms with Crippen LogP contribution >= 0.6 is 0 Å². The summed E-state index contributed by atoms with van der Waals surface area (Å²) in [6.07, 6.45) is 7.43. The Morgan fingerprint density at radius 1 is 1.48 bits per heavy atom. The predicted octanol–water partition coefficient (Wildman–Crippen LogP) is 1.62. The smallest absolute Gasteiger partial charge is 0.333 e. The van der Waals surface area contributed by atoms with Crippen molar-refractivity contribution in [3.05, 3.63) is 24.3 Å². The summed E-state index contributed by atoms with van der Waals surface area (Å²) in [4.78, 5) is 24.2. The Hall–Kier alpha value is -2.44. The first-order chi connectivity index (χ1) is 10.2. The molecule has 0 saturated carbocycles. The van der Waals surface area contributed by atoms with Crippen molar-refractivity contribution in [2.75, 3.05) is 12.3 Å². The molecule has 1 unspecified atom stereocenters. The van der Waals surface area contributed by atoms with E-state index in [4.69, 9.17) is 10.5 Å². The number of imidazole rings is 1. The van der Waals surface area contributed by atoms with E-state index in [1.807, 2.05) is 17.6 Å². The maximum absolute atomic E-state index is 11.7. The van der Waals surface area contributed by atoms with Crippen molar-refractivity contribution < 1.29 is 9.53 Å². The number of fused-ring (bicyclic) bond motifs is 1. The van der Waals surface area contributed by atoms with Gasteiger partial charge in [-0.2, -0.15) is 0 Å². The molecule has 1 aliphatic rings. The summed E-state index contributed by atoms with van der Waals surface area (Å²) in [6.45, 7) is 2.22. The molecule has 2 aromatic rings. The normalized spacial score (nSPS) is 18.5.